The van der Waals surface area contributed by atoms with E-state index >= 15 is 0 Å². The van der Waals surface area contributed by atoms with Crippen molar-refractivity contribution in [3.05, 3.63) is 61.5 Å². The first-order chi connectivity index (χ1) is 8.09. The van der Waals surface area contributed by atoms with Crippen LogP contribution in [0.4, 0.5) is 5.69 Å². The van der Waals surface area contributed by atoms with Crippen molar-refractivity contribution in [3.8, 4) is 5.82 Å². The second kappa shape index (κ2) is 4.00. The summed E-state index contributed by atoms with van der Waals surface area (Å²) in [6.07, 6.45) is 2.45. The van der Waals surface area contributed by atoms with E-state index in [1.807, 2.05) is 4.98 Å². The van der Waals surface area contributed by atoms with Gasteiger partial charge >= 0.3 is 11.4 Å². The number of nitro groups is 1. The van der Waals surface area contributed by atoms with E-state index in [1.54, 1.807) is 0 Å². The molecule has 0 fully saturated rings. The highest BCUT2D eigenvalue weighted by molar-refractivity contribution is 5.45. The average Bonchev–Trinajstić information content (AvgIpc) is 2.29. The SMILES string of the molecule is O=c1ccn(-c2ncccc2[N+](=O)[O-])c(=O)[nH]1. The van der Waals surface area contributed by atoms with Gasteiger partial charge in [0, 0.05) is 24.5 Å². The molecule has 0 saturated carbocycles. The highest BCUT2D eigenvalue weighted by Gasteiger charge is 2.16. The zero-order valence-electron chi connectivity index (χ0n) is 8.36. The Morgan fingerprint density at radius 1 is 1.35 bits per heavy atom. The van der Waals surface area contributed by atoms with Crippen LogP contribution in [0, 0.1) is 10.1 Å². The van der Waals surface area contributed by atoms with Crippen LogP contribution in [0.1, 0.15) is 0 Å². The molecule has 2 aromatic rings. The number of pyridine rings is 1. The molecule has 2 rings (SSSR count). The largest absolute Gasteiger partial charge is 0.334 e. The normalized spacial score (nSPS) is 10.1. The molecule has 0 amide bonds. The predicted octanol–water partition coefficient (Wildman–Crippen LogP) is -0.171. The molecule has 0 saturated heterocycles. The summed E-state index contributed by atoms with van der Waals surface area (Å²) in [7, 11) is 0. The molecule has 0 radical (unpaired) electrons. The molecule has 17 heavy (non-hydrogen) atoms. The quantitative estimate of drug-likeness (QED) is 0.572. The summed E-state index contributed by atoms with van der Waals surface area (Å²) >= 11 is 0. The number of hydrogen-bond donors (Lipinski definition) is 1. The van der Waals surface area contributed by atoms with Crippen LogP contribution < -0.4 is 11.2 Å². The van der Waals surface area contributed by atoms with Crippen LogP contribution in [0.25, 0.3) is 5.82 Å². The Kier molecular flexibility index (Phi) is 2.53. The Balaban J connectivity index is 2.73. The van der Waals surface area contributed by atoms with Gasteiger partial charge < -0.3 is 0 Å². The number of nitrogens with zero attached hydrogens (tertiary/aromatic N) is 3. The van der Waals surface area contributed by atoms with E-state index in [9.17, 15) is 19.7 Å². The molecule has 0 aromatic carbocycles. The van der Waals surface area contributed by atoms with E-state index in [4.69, 9.17) is 0 Å². The number of nitrogens with one attached hydrogen (secondary N) is 1. The number of rotatable bonds is 2. The molecular formula is C9H6N4O4. The first kappa shape index (κ1) is 10.7. The Morgan fingerprint density at radius 2 is 2.12 bits per heavy atom. The highest BCUT2D eigenvalue weighted by atomic mass is 16.6. The van der Waals surface area contributed by atoms with E-state index < -0.39 is 16.2 Å². The fourth-order valence-electron chi connectivity index (χ4n) is 1.30. The summed E-state index contributed by atoms with van der Waals surface area (Å²) in [4.78, 5) is 38.2. The van der Waals surface area contributed by atoms with Crippen LogP contribution in [0.2, 0.25) is 0 Å². The fourth-order valence-corrected chi connectivity index (χ4v) is 1.30. The minimum atomic E-state index is -0.778. The molecule has 86 valence electrons. The van der Waals surface area contributed by atoms with Gasteiger partial charge in [0.1, 0.15) is 0 Å². The minimum absolute atomic E-state index is 0.140. The van der Waals surface area contributed by atoms with Crippen molar-refractivity contribution in [2.75, 3.05) is 0 Å². The molecule has 0 aliphatic carbocycles. The topological polar surface area (TPSA) is 111 Å². The van der Waals surface area contributed by atoms with E-state index in [0.717, 1.165) is 16.8 Å². The maximum atomic E-state index is 11.5. The second-order valence-electron chi connectivity index (χ2n) is 3.08. The molecule has 0 bridgehead atoms. The molecular weight excluding hydrogens is 228 g/mol. The van der Waals surface area contributed by atoms with Gasteiger partial charge in [-0.15, -0.1) is 0 Å². The number of aromatic nitrogens is 3. The van der Waals surface area contributed by atoms with Gasteiger partial charge in [-0.2, -0.15) is 0 Å². The fraction of sp³-hybridized carbons (Fsp3) is 0. The molecule has 0 aliphatic heterocycles. The van der Waals surface area contributed by atoms with Gasteiger partial charge in [-0.1, -0.05) is 0 Å². The lowest BCUT2D eigenvalue weighted by Gasteiger charge is -2.03. The smallest absolute Gasteiger partial charge is 0.274 e. The van der Waals surface area contributed by atoms with Gasteiger partial charge in [-0.05, 0) is 6.07 Å². The Hall–Kier alpha value is -2.77. The minimum Gasteiger partial charge on any atom is -0.274 e. The summed E-state index contributed by atoms with van der Waals surface area (Å²) < 4.78 is 0.902. The molecule has 2 aromatic heterocycles. The number of aromatic amines is 1. The first-order valence-corrected chi connectivity index (χ1v) is 4.51. The average molecular weight is 234 g/mol. The summed E-state index contributed by atoms with van der Waals surface area (Å²) in [5.41, 5.74) is -1.68. The third-order valence-corrected chi connectivity index (χ3v) is 2.01. The van der Waals surface area contributed by atoms with Crippen molar-refractivity contribution < 1.29 is 4.92 Å². The summed E-state index contributed by atoms with van der Waals surface area (Å²) in [5, 5.41) is 10.8. The monoisotopic (exact) mass is 234 g/mol. The lowest BCUT2D eigenvalue weighted by molar-refractivity contribution is -0.384. The molecule has 0 unspecified atom stereocenters. The molecule has 8 nitrogen and oxygen atoms in total. The Bertz CT molecular complexity index is 688. The predicted molar refractivity (Wildman–Crippen MR) is 57.1 cm³/mol. The van der Waals surface area contributed by atoms with Crippen LogP contribution in [0.3, 0.4) is 0 Å². The number of H-pyrrole nitrogens is 1. The van der Waals surface area contributed by atoms with E-state index in [2.05, 4.69) is 4.98 Å². The van der Waals surface area contributed by atoms with Gasteiger partial charge in [0.2, 0.25) is 5.82 Å². The van der Waals surface area contributed by atoms with Crippen LogP contribution in [0.5, 0.6) is 0 Å². The zero-order valence-corrected chi connectivity index (χ0v) is 8.36. The van der Waals surface area contributed by atoms with Gasteiger partial charge in [0.05, 0.1) is 4.92 Å². The van der Waals surface area contributed by atoms with Gasteiger partial charge in [-0.3, -0.25) is 19.9 Å². The summed E-state index contributed by atoms with van der Waals surface area (Å²) in [6.45, 7) is 0. The van der Waals surface area contributed by atoms with Gasteiger partial charge in [-0.25, -0.2) is 14.3 Å². The standard InChI is InChI=1S/C9H6N4O4/c14-7-3-5-12(9(15)11-7)8-6(13(16)17)2-1-4-10-8/h1-5H,(H,11,14,15). The third kappa shape index (κ3) is 1.95. The van der Waals surface area contributed by atoms with Crippen molar-refractivity contribution in [3.63, 3.8) is 0 Å². The van der Waals surface area contributed by atoms with Crippen molar-refractivity contribution >= 4 is 5.69 Å². The van der Waals surface area contributed by atoms with Gasteiger partial charge in [0.15, 0.2) is 0 Å². The van der Waals surface area contributed by atoms with Crippen LogP contribution in [-0.4, -0.2) is 19.5 Å². The highest BCUT2D eigenvalue weighted by Crippen LogP contribution is 2.17. The van der Waals surface area contributed by atoms with E-state index in [0.29, 0.717) is 0 Å². The van der Waals surface area contributed by atoms with Crippen LogP contribution in [0.15, 0.2) is 40.2 Å². The first-order valence-electron chi connectivity index (χ1n) is 4.51. The molecule has 0 aliphatic rings. The Labute approximate surface area is 93.3 Å². The van der Waals surface area contributed by atoms with E-state index in [1.165, 1.54) is 18.3 Å². The maximum absolute atomic E-state index is 11.5. The number of hydrogen-bond acceptors (Lipinski definition) is 5. The molecule has 0 spiro atoms. The van der Waals surface area contributed by atoms with Crippen molar-refractivity contribution in [1.29, 1.82) is 0 Å². The van der Waals surface area contributed by atoms with E-state index in [-0.39, 0.29) is 11.5 Å². The molecule has 8 heteroatoms. The Morgan fingerprint density at radius 3 is 2.76 bits per heavy atom. The zero-order chi connectivity index (χ0) is 12.4. The van der Waals surface area contributed by atoms with Crippen molar-refractivity contribution in [2.24, 2.45) is 0 Å². The molecule has 1 N–H and O–H groups in total. The van der Waals surface area contributed by atoms with Crippen LogP contribution >= 0.6 is 0 Å². The summed E-state index contributed by atoms with van der Waals surface area (Å²) in [5.74, 6) is -0.140. The van der Waals surface area contributed by atoms with Crippen molar-refractivity contribution in [2.45, 2.75) is 0 Å². The summed E-state index contributed by atoms with van der Waals surface area (Å²) in [6, 6.07) is 3.69. The lowest BCUT2D eigenvalue weighted by Crippen LogP contribution is -2.28. The maximum Gasteiger partial charge on any atom is 0.334 e. The lowest BCUT2D eigenvalue weighted by atomic mass is 10.4. The molecule has 0 atom stereocenters. The second-order valence-corrected chi connectivity index (χ2v) is 3.08. The van der Waals surface area contributed by atoms with Gasteiger partial charge in [0.25, 0.3) is 5.56 Å². The molecule has 2 heterocycles. The van der Waals surface area contributed by atoms with Crippen LogP contribution in [-0.2, 0) is 0 Å². The third-order valence-electron chi connectivity index (χ3n) is 2.01. The van der Waals surface area contributed by atoms with Crippen molar-refractivity contribution in [1.82, 2.24) is 14.5 Å².